The molecule has 7 heteroatoms. The number of aromatic hydroxyl groups is 1. The van der Waals surface area contributed by atoms with E-state index in [0.29, 0.717) is 11.3 Å². The molecule has 0 fully saturated rings. The van der Waals surface area contributed by atoms with Crippen LogP contribution in [0.3, 0.4) is 0 Å². The highest BCUT2D eigenvalue weighted by Crippen LogP contribution is 2.27. The minimum absolute atomic E-state index is 0.0752. The van der Waals surface area contributed by atoms with Gasteiger partial charge in [0.15, 0.2) is 11.4 Å². The van der Waals surface area contributed by atoms with Crippen LogP contribution in [0.2, 0.25) is 0 Å². The van der Waals surface area contributed by atoms with Crippen LogP contribution in [-0.4, -0.2) is 41.7 Å². The lowest BCUT2D eigenvalue weighted by atomic mass is 10.1. The second-order valence-corrected chi connectivity index (χ2v) is 5.72. The summed E-state index contributed by atoms with van der Waals surface area (Å²) in [6, 6.07) is 12.5. The van der Waals surface area contributed by atoms with Crippen LogP contribution in [0.5, 0.6) is 5.75 Å². The normalized spacial score (nSPS) is 12.1. The molecule has 0 spiro atoms. The van der Waals surface area contributed by atoms with Gasteiger partial charge in [0.2, 0.25) is 5.84 Å². The first-order valence-electron chi connectivity index (χ1n) is 7.64. The predicted molar refractivity (Wildman–Crippen MR) is 98.4 cm³/mol. The fourth-order valence-corrected chi connectivity index (χ4v) is 2.20. The van der Waals surface area contributed by atoms with Gasteiger partial charge in [-0.05, 0) is 30.7 Å². The number of carbonyl (C=O) groups is 1. The third-order valence-corrected chi connectivity index (χ3v) is 3.56. The van der Waals surface area contributed by atoms with E-state index >= 15 is 0 Å². The van der Waals surface area contributed by atoms with Gasteiger partial charge in [0.25, 0.3) is 5.91 Å². The summed E-state index contributed by atoms with van der Waals surface area (Å²) in [6.45, 7) is 1.75. The molecule has 2 aromatic rings. The van der Waals surface area contributed by atoms with E-state index in [1.807, 2.05) is 18.2 Å². The number of rotatable bonds is 3. The second kappa shape index (κ2) is 7.48. The molecule has 0 aliphatic rings. The van der Waals surface area contributed by atoms with Crippen molar-refractivity contribution in [1.82, 2.24) is 4.90 Å². The maximum atomic E-state index is 12.3. The molecule has 25 heavy (non-hydrogen) atoms. The van der Waals surface area contributed by atoms with Gasteiger partial charge >= 0.3 is 5.84 Å². The van der Waals surface area contributed by atoms with Crippen molar-refractivity contribution in [2.75, 3.05) is 14.1 Å². The molecule has 0 heterocycles. The molecule has 7 nitrogen and oxygen atoms in total. The minimum atomic E-state index is -0.303. The van der Waals surface area contributed by atoms with Gasteiger partial charge in [-0.1, -0.05) is 24.3 Å². The number of hydrogen-bond acceptors (Lipinski definition) is 3. The van der Waals surface area contributed by atoms with E-state index in [1.54, 1.807) is 45.3 Å². The molecule has 0 unspecified atom stereocenters. The van der Waals surface area contributed by atoms with Crippen LogP contribution in [0.25, 0.3) is 0 Å². The van der Waals surface area contributed by atoms with Crippen molar-refractivity contribution in [3.05, 3.63) is 53.6 Å². The van der Waals surface area contributed by atoms with Gasteiger partial charge in [0.05, 0.1) is 11.3 Å². The third-order valence-electron chi connectivity index (χ3n) is 3.56. The predicted octanol–water partition coefficient (Wildman–Crippen LogP) is 0.161. The number of amidine groups is 2. The Hall–Kier alpha value is -3.35. The van der Waals surface area contributed by atoms with Crippen LogP contribution in [-0.2, 0) is 0 Å². The van der Waals surface area contributed by atoms with Crippen molar-refractivity contribution in [2.45, 2.75) is 6.92 Å². The SMILES string of the molecule is Cc1ccc([NH+]=C(N)C(N)=Nc2ccccc2)c(O)c1C(=O)N(C)C. The number of para-hydroxylation sites is 1. The quantitative estimate of drug-likeness (QED) is 0.361. The monoisotopic (exact) mass is 340 g/mol. The highest BCUT2D eigenvalue weighted by Gasteiger charge is 2.20. The van der Waals surface area contributed by atoms with Gasteiger partial charge in [-0.15, -0.1) is 0 Å². The molecule has 2 rings (SSSR count). The smallest absolute Gasteiger partial charge is 0.313 e. The van der Waals surface area contributed by atoms with Crippen LogP contribution < -0.4 is 16.5 Å². The maximum Gasteiger partial charge on any atom is 0.313 e. The van der Waals surface area contributed by atoms with E-state index < -0.39 is 0 Å². The number of benzene rings is 2. The zero-order chi connectivity index (χ0) is 18.6. The number of phenols is 1. The topological polar surface area (TPSA) is 119 Å². The van der Waals surface area contributed by atoms with Crippen LogP contribution >= 0.6 is 0 Å². The molecular formula is C18H22N5O2+. The second-order valence-electron chi connectivity index (χ2n) is 5.72. The maximum absolute atomic E-state index is 12.3. The third kappa shape index (κ3) is 4.14. The number of nitrogens with zero attached hydrogens (tertiary/aromatic N) is 2. The van der Waals surface area contributed by atoms with E-state index in [9.17, 15) is 9.90 Å². The Morgan fingerprint density at radius 2 is 1.76 bits per heavy atom. The van der Waals surface area contributed by atoms with Crippen molar-refractivity contribution in [2.24, 2.45) is 16.5 Å². The molecule has 0 aliphatic heterocycles. The van der Waals surface area contributed by atoms with Gasteiger partial charge in [0.1, 0.15) is 0 Å². The fourth-order valence-electron chi connectivity index (χ4n) is 2.20. The number of nitrogens with one attached hydrogen (secondary N) is 1. The molecule has 0 radical (unpaired) electrons. The van der Waals surface area contributed by atoms with Crippen LogP contribution in [0.1, 0.15) is 15.9 Å². The molecule has 0 aliphatic carbocycles. The van der Waals surface area contributed by atoms with Crippen LogP contribution in [0.15, 0.2) is 47.5 Å². The lowest BCUT2D eigenvalue weighted by Gasteiger charge is -2.14. The van der Waals surface area contributed by atoms with Crippen molar-refractivity contribution >= 4 is 29.0 Å². The van der Waals surface area contributed by atoms with Gasteiger partial charge in [-0.3, -0.25) is 10.5 Å². The van der Waals surface area contributed by atoms with Gasteiger partial charge in [-0.25, -0.2) is 9.98 Å². The van der Waals surface area contributed by atoms with Crippen molar-refractivity contribution in [1.29, 1.82) is 0 Å². The van der Waals surface area contributed by atoms with E-state index in [4.69, 9.17) is 11.5 Å². The Kier molecular flexibility index (Phi) is 5.38. The Morgan fingerprint density at radius 1 is 1.12 bits per heavy atom. The zero-order valence-electron chi connectivity index (χ0n) is 14.4. The summed E-state index contributed by atoms with van der Waals surface area (Å²) in [5.41, 5.74) is 13.6. The van der Waals surface area contributed by atoms with Gasteiger partial charge in [0, 0.05) is 14.1 Å². The number of amides is 1. The minimum Gasteiger partial charge on any atom is -0.503 e. The molecule has 0 saturated heterocycles. The lowest BCUT2D eigenvalue weighted by Crippen LogP contribution is -2.72. The largest absolute Gasteiger partial charge is 0.503 e. The van der Waals surface area contributed by atoms with E-state index in [-0.39, 0.29) is 34.6 Å². The van der Waals surface area contributed by atoms with Crippen LogP contribution in [0, 0.1) is 6.92 Å². The highest BCUT2D eigenvalue weighted by molar-refractivity contribution is 6.37. The van der Waals surface area contributed by atoms with Crippen molar-refractivity contribution < 1.29 is 14.9 Å². The average molecular weight is 340 g/mol. The Balaban J connectivity index is 2.42. The summed E-state index contributed by atoms with van der Waals surface area (Å²) in [4.78, 5) is 20.7. The molecule has 2 aromatic carbocycles. The summed E-state index contributed by atoms with van der Waals surface area (Å²) in [7, 11) is 3.23. The molecular weight excluding hydrogens is 318 g/mol. The summed E-state index contributed by atoms with van der Waals surface area (Å²) >= 11 is 0. The molecule has 6 N–H and O–H groups in total. The fraction of sp³-hybridized carbons (Fsp3) is 0.167. The molecule has 0 saturated carbocycles. The Bertz CT molecular complexity index is 842. The van der Waals surface area contributed by atoms with Crippen molar-refractivity contribution in [3.8, 4) is 5.75 Å². The van der Waals surface area contributed by atoms with E-state index in [1.165, 1.54) is 4.90 Å². The summed E-state index contributed by atoms with van der Waals surface area (Å²) in [6.07, 6.45) is 0. The van der Waals surface area contributed by atoms with Crippen molar-refractivity contribution in [3.63, 3.8) is 0 Å². The molecule has 130 valence electrons. The molecule has 0 bridgehead atoms. The van der Waals surface area contributed by atoms with E-state index in [2.05, 4.69) is 9.98 Å². The number of nitrogens with two attached hydrogens (primary N) is 2. The lowest BCUT2D eigenvalue weighted by molar-refractivity contribution is -0.353. The summed E-state index contributed by atoms with van der Waals surface area (Å²) in [5.74, 6) is -0.338. The molecule has 0 aromatic heterocycles. The summed E-state index contributed by atoms with van der Waals surface area (Å²) < 4.78 is 0. The first kappa shape index (κ1) is 18.0. The molecule has 0 atom stereocenters. The van der Waals surface area contributed by atoms with Crippen LogP contribution in [0.4, 0.5) is 11.4 Å². The first-order chi connectivity index (χ1) is 11.8. The zero-order valence-corrected chi connectivity index (χ0v) is 14.4. The van der Waals surface area contributed by atoms with Gasteiger partial charge < -0.3 is 15.7 Å². The number of carbonyl (C=O) groups excluding carboxylic acids is 1. The average Bonchev–Trinajstić information content (AvgIpc) is 2.58. The van der Waals surface area contributed by atoms with Gasteiger partial charge in [-0.2, -0.15) is 0 Å². The summed E-state index contributed by atoms with van der Waals surface area (Å²) in [5, 5.41) is 10.4. The first-order valence-corrected chi connectivity index (χ1v) is 7.64. The highest BCUT2D eigenvalue weighted by atomic mass is 16.3. The molecule has 1 amide bonds. The van der Waals surface area contributed by atoms with E-state index in [0.717, 1.165) is 0 Å². The standard InChI is InChI=1S/C18H21N5O2/c1-11-9-10-13(15(24)14(11)18(25)23(2)3)22-17(20)16(19)21-12-7-5-4-6-8-12/h4-10,24H,1-3H3,(H2,19,21)(H2,20,22)/p+1. The Labute approximate surface area is 146 Å². The number of hydrogen-bond donors (Lipinski definition) is 4. The Morgan fingerprint density at radius 3 is 2.36 bits per heavy atom. The number of phenolic OH excluding ortho intramolecular Hbond substituents is 1. The number of aryl methyl sites for hydroxylation is 1. The number of aliphatic imine (C=N–C) groups is 1.